The molecule has 1 aliphatic carbocycles. The average molecular weight is 415 g/mol. The number of nitrogens with one attached hydrogen (secondary N) is 1. The molecular formula is C26H26N2O3. The number of rotatable bonds is 6. The van der Waals surface area contributed by atoms with Gasteiger partial charge in [0, 0.05) is 11.5 Å². The summed E-state index contributed by atoms with van der Waals surface area (Å²) in [7, 11) is 0. The molecule has 5 heteroatoms. The fourth-order valence-corrected chi connectivity index (χ4v) is 3.90. The molecule has 0 fully saturated rings. The van der Waals surface area contributed by atoms with Gasteiger partial charge in [-0.15, -0.1) is 0 Å². The number of nitrogens with zero attached hydrogens (tertiary/aromatic N) is 1. The number of para-hydroxylation sites is 1. The summed E-state index contributed by atoms with van der Waals surface area (Å²) in [5.74, 6) is -0.901. The molecule has 2 aromatic carbocycles. The van der Waals surface area contributed by atoms with Gasteiger partial charge in [0.05, 0.1) is 17.3 Å². The van der Waals surface area contributed by atoms with E-state index >= 15 is 0 Å². The van der Waals surface area contributed by atoms with Crippen LogP contribution in [0.4, 0.5) is 0 Å². The molecule has 158 valence electrons. The van der Waals surface area contributed by atoms with E-state index in [2.05, 4.69) is 28.5 Å². The van der Waals surface area contributed by atoms with Crippen molar-refractivity contribution in [3.63, 3.8) is 0 Å². The Hall–Kier alpha value is -3.47. The Morgan fingerprint density at radius 1 is 1.06 bits per heavy atom. The lowest BCUT2D eigenvalue weighted by Gasteiger charge is -2.20. The minimum absolute atomic E-state index is 0.143. The standard InChI is InChI=1S/C26H26N2O3/c1-18(21-11-10-19-6-2-3-8-22(19)16-21)27-25(29)17-31-26(30)15-14-23-13-12-20-7-4-5-9-24(20)28-23/h4-5,7,9-16,18H,2-3,6,8,17H2,1H3,(H,27,29)/b15-14+. The molecule has 31 heavy (non-hydrogen) atoms. The number of aromatic nitrogens is 1. The molecule has 0 saturated heterocycles. The largest absolute Gasteiger partial charge is 0.452 e. The van der Waals surface area contributed by atoms with Crippen molar-refractivity contribution in [3.8, 4) is 0 Å². The van der Waals surface area contributed by atoms with Gasteiger partial charge in [-0.25, -0.2) is 9.78 Å². The summed E-state index contributed by atoms with van der Waals surface area (Å²) in [4.78, 5) is 28.7. The first-order valence-electron chi connectivity index (χ1n) is 10.7. The molecule has 1 aromatic heterocycles. The van der Waals surface area contributed by atoms with Crippen LogP contribution in [0.2, 0.25) is 0 Å². The number of fused-ring (bicyclic) bond motifs is 2. The molecule has 1 unspecified atom stereocenters. The summed E-state index contributed by atoms with van der Waals surface area (Å²) in [6, 6.07) is 17.8. The van der Waals surface area contributed by atoms with Crippen molar-refractivity contribution in [1.82, 2.24) is 10.3 Å². The smallest absolute Gasteiger partial charge is 0.331 e. The number of benzene rings is 2. The van der Waals surface area contributed by atoms with Gasteiger partial charge in [0.25, 0.3) is 5.91 Å². The highest BCUT2D eigenvalue weighted by Gasteiger charge is 2.14. The Balaban J connectivity index is 1.27. The fraction of sp³-hybridized carbons (Fsp3) is 0.269. The molecule has 0 spiro atoms. The van der Waals surface area contributed by atoms with Crippen LogP contribution in [-0.4, -0.2) is 23.5 Å². The number of pyridine rings is 1. The number of amides is 1. The summed E-state index contributed by atoms with van der Waals surface area (Å²) in [5, 5.41) is 3.93. The van der Waals surface area contributed by atoms with Crippen molar-refractivity contribution in [2.24, 2.45) is 0 Å². The lowest BCUT2D eigenvalue weighted by Crippen LogP contribution is -2.31. The summed E-state index contributed by atoms with van der Waals surface area (Å²) in [6.07, 6.45) is 7.57. The summed E-state index contributed by atoms with van der Waals surface area (Å²) in [5.41, 5.74) is 5.37. The van der Waals surface area contributed by atoms with Crippen LogP contribution in [0.1, 0.15) is 48.2 Å². The predicted molar refractivity (Wildman–Crippen MR) is 121 cm³/mol. The van der Waals surface area contributed by atoms with Gasteiger partial charge >= 0.3 is 5.97 Å². The van der Waals surface area contributed by atoms with E-state index in [-0.39, 0.29) is 18.6 Å². The molecule has 1 aliphatic rings. The van der Waals surface area contributed by atoms with Gasteiger partial charge in [-0.1, -0.05) is 42.5 Å². The van der Waals surface area contributed by atoms with Crippen LogP contribution in [0, 0.1) is 0 Å². The SMILES string of the molecule is CC(NC(=O)COC(=O)/C=C/c1ccc2ccccc2n1)c1ccc2c(c1)CCCC2. The molecular weight excluding hydrogens is 388 g/mol. The fourth-order valence-electron chi connectivity index (χ4n) is 3.90. The van der Waals surface area contributed by atoms with Gasteiger partial charge in [0.2, 0.25) is 0 Å². The van der Waals surface area contributed by atoms with Gasteiger partial charge in [-0.3, -0.25) is 4.79 Å². The topological polar surface area (TPSA) is 68.3 Å². The third-order valence-electron chi connectivity index (χ3n) is 5.61. The average Bonchev–Trinajstić information content (AvgIpc) is 2.81. The molecule has 1 atom stereocenters. The number of carbonyl (C=O) groups excluding carboxylic acids is 2. The summed E-state index contributed by atoms with van der Waals surface area (Å²) >= 11 is 0. The van der Waals surface area contributed by atoms with E-state index in [0.29, 0.717) is 5.69 Å². The first-order valence-corrected chi connectivity index (χ1v) is 10.7. The Bertz CT molecular complexity index is 1140. The third kappa shape index (κ3) is 5.37. The number of ether oxygens (including phenoxy) is 1. The monoisotopic (exact) mass is 414 g/mol. The summed E-state index contributed by atoms with van der Waals surface area (Å²) in [6.45, 7) is 1.62. The first-order chi connectivity index (χ1) is 15.1. The summed E-state index contributed by atoms with van der Waals surface area (Å²) < 4.78 is 5.07. The van der Waals surface area contributed by atoms with Crippen LogP contribution in [-0.2, 0) is 27.2 Å². The number of aryl methyl sites for hydroxylation is 2. The van der Waals surface area contributed by atoms with E-state index in [0.717, 1.165) is 29.3 Å². The minimum atomic E-state index is -0.577. The number of carbonyl (C=O) groups is 2. The van der Waals surface area contributed by atoms with Crippen LogP contribution < -0.4 is 5.32 Å². The lowest BCUT2D eigenvalue weighted by molar-refractivity contribution is -0.144. The zero-order valence-electron chi connectivity index (χ0n) is 17.6. The highest BCUT2D eigenvalue weighted by atomic mass is 16.5. The quantitative estimate of drug-likeness (QED) is 0.475. The van der Waals surface area contributed by atoms with E-state index in [1.54, 1.807) is 6.08 Å². The van der Waals surface area contributed by atoms with Crippen molar-refractivity contribution < 1.29 is 14.3 Å². The van der Waals surface area contributed by atoms with E-state index < -0.39 is 5.97 Å². The second-order valence-corrected chi connectivity index (χ2v) is 7.89. The molecule has 1 amide bonds. The van der Waals surface area contributed by atoms with Gasteiger partial charge < -0.3 is 10.1 Å². The molecule has 0 bridgehead atoms. The van der Waals surface area contributed by atoms with Crippen molar-refractivity contribution in [1.29, 1.82) is 0 Å². The van der Waals surface area contributed by atoms with E-state index in [9.17, 15) is 9.59 Å². The Kier molecular flexibility index (Phi) is 6.41. The minimum Gasteiger partial charge on any atom is -0.452 e. The lowest BCUT2D eigenvalue weighted by atomic mass is 9.89. The number of hydrogen-bond acceptors (Lipinski definition) is 4. The maximum atomic E-state index is 12.2. The molecule has 0 saturated carbocycles. The van der Waals surface area contributed by atoms with Crippen molar-refractivity contribution in [2.45, 2.75) is 38.6 Å². The van der Waals surface area contributed by atoms with Crippen LogP contribution >= 0.6 is 0 Å². The van der Waals surface area contributed by atoms with Gasteiger partial charge in [0.1, 0.15) is 0 Å². The molecule has 0 aliphatic heterocycles. The molecule has 1 heterocycles. The second kappa shape index (κ2) is 9.56. The van der Waals surface area contributed by atoms with E-state index in [4.69, 9.17) is 4.74 Å². The zero-order chi connectivity index (χ0) is 21.6. The Morgan fingerprint density at radius 3 is 2.74 bits per heavy atom. The highest BCUT2D eigenvalue weighted by Crippen LogP contribution is 2.24. The van der Waals surface area contributed by atoms with E-state index in [1.807, 2.05) is 43.3 Å². The van der Waals surface area contributed by atoms with Crippen LogP contribution in [0.15, 0.2) is 60.7 Å². The van der Waals surface area contributed by atoms with Crippen LogP contribution in [0.3, 0.4) is 0 Å². The van der Waals surface area contributed by atoms with E-state index in [1.165, 1.54) is 30.0 Å². The maximum absolute atomic E-state index is 12.2. The number of esters is 1. The highest BCUT2D eigenvalue weighted by molar-refractivity contribution is 5.89. The molecule has 1 N–H and O–H groups in total. The van der Waals surface area contributed by atoms with Crippen molar-refractivity contribution in [2.75, 3.05) is 6.61 Å². The van der Waals surface area contributed by atoms with Gasteiger partial charge in [0.15, 0.2) is 6.61 Å². The Labute approximate surface area is 182 Å². The second-order valence-electron chi connectivity index (χ2n) is 7.89. The normalized spacial score (nSPS) is 14.2. The maximum Gasteiger partial charge on any atom is 0.331 e. The van der Waals surface area contributed by atoms with Gasteiger partial charge in [-0.2, -0.15) is 0 Å². The van der Waals surface area contributed by atoms with Crippen LogP contribution in [0.5, 0.6) is 0 Å². The zero-order valence-corrected chi connectivity index (χ0v) is 17.6. The third-order valence-corrected chi connectivity index (χ3v) is 5.61. The van der Waals surface area contributed by atoms with Crippen molar-refractivity contribution >= 4 is 28.9 Å². The molecule has 4 rings (SSSR count). The van der Waals surface area contributed by atoms with Crippen molar-refractivity contribution in [3.05, 3.63) is 83.1 Å². The Morgan fingerprint density at radius 2 is 1.87 bits per heavy atom. The number of hydrogen-bond donors (Lipinski definition) is 1. The molecule has 3 aromatic rings. The predicted octanol–water partition coefficient (Wildman–Crippen LogP) is 4.55. The first kappa shape index (κ1) is 20.8. The van der Waals surface area contributed by atoms with Gasteiger partial charge in [-0.05, 0) is 67.5 Å². The molecule has 5 nitrogen and oxygen atoms in total. The molecule has 0 radical (unpaired) electrons. The van der Waals surface area contributed by atoms with Crippen LogP contribution in [0.25, 0.3) is 17.0 Å².